The molecular formula is C14H18N2O3S. The molecule has 5 nitrogen and oxygen atoms in total. The molecule has 0 fully saturated rings. The van der Waals surface area contributed by atoms with Gasteiger partial charge in [0, 0.05) is 17.5 Å². The van der Waals surface area contributed by atoms with Crippen LogP contribution in [0.1, 0.15) is 25.5 Å². The largest absolute Gasteiger partial charge is 0.472 e. The van der Waals surface area contributed by atoms with Crippen LogP contribution < -0.4 is 5.32 Å². The van der Waals surface area contributed by atoms with E-state index in [0.29, 0.717) is 19.4 Å². The minimum atomic E-state index is -0.345. The molecule has 2 rings (SSSR count). The molecule has 0 bridgehead atoms. The molecule has 1 atom stereocenters. The molecule has 0 aliphatic rings. The Labute approximate surface area is 121 Å². The standard InChI is InChI=1S/C14H18N2O3S/c1-2-12(17)3-5-15-13(18)7-11-9-20-14(16-11)10-4-6-19-8-10/h4,6,8-9,12,17H,2-3,5,7H2,1H3,(H,15,18). The van der Waals surface area contributed by atoms with Gasteiger partial charge in [-0.05, 0) is 18.9 Å². The first-order valence-electron chi connectivity index (χ1n) is 6.60. The summed E-state index contributed by atoms with van der Waals surface area (Å²) in [5.41, 5.74) is 1.67. The van der Waals surface area contributed by atoms with Crippen molar-refractivity contribution in [2.24, 2.45) is 0 Å². The van der Waals surface area contributed by atoms with Gasteiger partial charge in [0.25, 0.3) is 0 Å². The zero-order chi connectivity index (χ0) is 14.4. The second-order valence-electron chi connectivity index (χ2n) is 4.53. The van der Waals surface area contributed by atoms with Gasteiger partial charge >= 0.3 is 0 Å². The summed E-state index contributed by atoms with van der Waals surface area (Å²) in [6, 6.07) is 1.84. The number of hydrogen-bond donors (Lipinski definition) is 2. The van der Waals surface area contributed by atoms with E-state index in [-0.39, 0.29) is 18.4 Å². The lowest BCUT2D eigenvalue weighted by Gasteiger charge is -2.08. The first-order chi connectivity index (χ1) is 9.69. The van der Waals surface area contributed by atoms with Crippen LogP contribution in [0, 0.1) is 0 Å². The summed E-state index contributed by atoms with van der Waals surface area (Å²) in [5.74, 6) is -0.0719. The molecule has 0 aromatic carbocycles. The molecule has 1 amide bonds. The Morgan fingerprint density at radius 2 is 2.45 bits per heavy atom. The van der Waals surface area contributed by atoms with E-state index in [9.17, 15) is 9.90 Å². The minimum Gasteiger partial charge on any atom is -0.472 e. The number of carbonyl (C=O) groups excluding carboxylic acids is 1. The first-order valence-corrected chi connectivity index (χ1v) is 7.48. The minimum absolute atomic E-state index is 0.0719. The Hall–Kier alpha value is -1.66. The van der Waals surface area contributed by atoms with Crippen molar-refractivity contribution in [2.75, 3.05) is 6.54 Å². The topological polar surface area (TPSA) is 75.4 Å². The number of furan rings is 1. The normalized spacial score (nSPS) is 12.3. The van der Waals surface area contributed by atoms with E-state index in [0.717, 1.165) is 16.3 Å². The maximum atomic E-state index is 11.7. The summed E-state index contributed by atoms with van der Waals surface area (Å²) < 4.78 is 5.01. The van der Waals surface area contributed by atoms with Crippen LogP contribution in [0.3, 0.4) is 0 Å². The second kappa shape index (κ2) is 7.21. The summed E-state index contributed by atoms with van der Waals surface area (Å²) in [7, 11) is 0. The maximum absolute atomic E-state index is 11.7. The van der Waals surface area contributed by atoms with Crippen LogP contribution in [0.25, 0.3) is 10.6 Å². The van der Waals surface area contributed by atoms with Crippen LogP contribution in [0.4, 0.5) is 0 Å². The number of nitrogens with one attached hydrogen (secondary N) is 1. The summed E-state index contributed by atoms with van der Waals surface area (Å²) in [5, 5.41) is 14.9. The highest BCUT2D eigenvalue weighted by molar-refractivity contribution is 7.13. The number of carbonyl (C=O) groups is 1. The maximum Gasteiger partial charge on any atom is 0.226 e. The van der Waals surface area contributed by atoms with E-state index >= 15 is 0 Å². The van der Waals surface area contributed by atoms with Crippen molar-refractivity contribution in [3.8, 4) is 10.6 Å². The van der Waals surface area contributed by atoms with Crippen LogP contribution in [0.15, 0.2) is 28.4 Å². The van der Waals surface area contributed by atoms with Gasteiger partial charge in [-0.2, -0.15) is 0 Å². The molecule has 0 saturated heterocycles. The molecule has 2 N–H and O–H groups in total. The van der Waals surface area contributed by atoms with Gasteiger partial charge in [0.2, 0.25) is 5.91 Å². The molecule has 0 aliphatic carbocycles. The van der Waals surface area contributed by atoms with Crippen LogP contribution in [0.5, 0.6) is 0 Å². The highest BCUT2D eigenvalue weighted by Gasteiger charge is 2.10. The summed E-state index contributed by atoms with van der Waals surface area (Å²) >= 11 is 1.49. The molecular weight excluding hydrogens is 276 g/mol. The summed E-state index contributed by atoms with van der Waals surface area (Å²) in [6.07, 6.45) is 4.44. The second-order valence-corrected chi connectivity index (χ2v) is 5.39. The number of nitrogens with zero attached hydrogens (tertiary/aromatic N) is 1. The Balaban J connectivity index is 1.80. The number of thiazole rings is 1. The van der Waals surface area contributed by atoms with Gasteiger partial charge in [0.15, 0.2) is 0 Å². The quantitative estimate of drug-likeness (QED) is 0.821. The fourth-order valence-corrected chi connectivity index (χ4v) is 2.52. The molecule has 108 valence electrons. The van der Waals surface area contributed by atoms with E-state index in [4.69, 9.17) is 4.42 Å². The van der Waals surface area contributed by atoms with E-state index in [2.05, 4.69) is 10.3 Å². The van der Waals surface area contributed by atoms with Crippen molar-refractivity contribution in [3.63, 3.8) is 0 Å². The first kappa shape index (κ1) is 14.7. The van der Waals surface area contributed by atoms with E-state index in [1.165, 1.54) is 11.3 Å². The average Bonchev–Trinajstić information content (AvgIpc) is 3.08. The SMILES string of the molecule is CCC(O)CCNC(=O)Cc1csc(-c2ccoc2)n1. The van der Waals surface area contributed by atoms with Crippen molar-refractivity contribution in [1.82, 2.24) is 10.3 Å². The molecule has 2 aromatic heterocycles. The number of aliphatic hydroxyl groups excluding tert-OH is 1. The van der Waals surface area contributed by atoms with E-state index < -0.39 is 0 Å². The molecule has 1 unspecified atom stereocenters. The van der Waals surface area contributed by atoms with Gasteiger partial charge < -0.3 is 14.8 Å². The highest BCUT2D eigenvalue weighted by atomic mass is 32.1. The van der Waals surface area contributed by atoms with Gasteiger partial charge in [-0.3, -0.25) is 4.79 Å². The fourth-order valence-electron chi connectivity index (χ4n) is 1.72. The van der Waals surface area contributed by atoms with Crippen molar-refractivity contribution in [1.29, 1.82) is 0 Å². The third-order valence-corrected chi connectivity index (χ3v) is 3.87. The lowest BCUT2D eigenvalue weighted by Crippen LogP contribution is -2.28. The predicted molar refractivity (Wildman–Crippen MR) is 77.4 cm³/mol. The molecule has 0 aliphatic heterocycles. The number of aliphatic hydroxyl groups is 1. The number of amides is 1. The molecule has 0 radical (unpaired) electrons. The van der Waals surface area contributed by atoms with Gasteiger partial charge in [-0.15, -0.1) is 11.3 Å². The zero-order valence-electron chi connectivity index (χ0n) is 11.3. The van der Waals surface area contributed by atoms with Crippen LogP contribution >= 0.6 is 11.3 Å². The van der Waals surface area contributed by atoms with Gasteiger partial charge in [-0.25, -0.2) is 4.98 Å². The van der Waals surface area contributed by atoms with E-state index in [1.807, 2.05) is 18.4 Å². The van der Waals surface area contributed by atoms with Crippen LogP contribution in [-0.4, -0.2) is 28.6 Å². The number of aromatic nitrogens is 1. The molecule has 0 saturated carbocycles. The smallest absolute Gasteiger partial charge is 0.226 e. The van der Waals surface area contributed by atoms with Crippen molar-refractivity contribution < 1.29 is 14.3 Å². The Morgan fingerprint density at radius 1 is 1.60 bits per heavy atom. The van der Waals surface area contributed by atoms with E-state index in [1.54, 1.807) is 12.5 Å². The average molecular weight is 294 g/mol. The number of rotatable bonds is 7. The lowest BCUT2D eigenvalue weighted by atomic mass is 10.2. The van der Waals surface area contributed by atoms with Crippen LogP contribution in [0.2, 0.25) is 0 Å². The summed E-state index contributed by atoms with van der Waals surface area (Å²) in [6.45, 7) is 2.41. The Kier molecular flexibility index (Phi) is 5.31. The number of hydrogen-bond acceptors (Lipinski definition) is 5. The van der Waals surface area contributed by atoms with Crippen molar-refractivity contribution in [3.05, 3.63) is 29.7 Å². The zero-order valence-corrected chi connectivity index (χ0v) is 12.2. The van der Waals surface area contributed by atoms with Gasteiger partial charge in [0.1, 0.15) is 11.3 Å². The Morgan fingerprint density at radius 3 is 3.15 bits per heavy atom. The van der Waals surface area contributed by atoms with Gasteiger partial charge in [-0.1, -0.05) is 6.92 Å². The molecule has 20 heavy (non-hydrogen) atoms. The highest BCUT2D eigenvalue weighted by Crippen LogP contribution is 2.23. The van der Waals surface area contributed by atoms with Gasteiger partial charge in [0.05, 0.1) is 24.5 Å². The predicted octanol–water partition coefficient (Wildman–Crippen LogP) is 2.22. The lowest BCUT2D eigenvalue weighted by molar-refractivity contribution is -0.120. The Bertz CT molecular complexity index is 536. The fraction of sp³-hybridized carbons (Fsp3) is 0.429. The monoisotopic (exact) mass is 294 g/mol. The molecule has 6 heteroatoms. The van der Waals surface area contributed by atoms with Crippen molar-refractivity contribution in [2.45, 2.75) is 32.3 Å². The molecule has 2 heterocycles. The molecule has 0 spiro atoms. The summed E-state index contributed by atoms with van der Waals surface area (Å²) in [4.78, 5) is 16.1. The third kappa shape index (κ3) is 4.18. The van der Waals surface area contributed by atoms with Crippen LogP contribution in [-0.2, 0) is 11.2 Å². The molecule has 2 aromatic rings. The van der Waals surface area contributed by atoms with Crippen molar-refractivity contribution >= 4 is 17.2 Å². The third-order valence-electron chi connectivity index (χ3n) is 2.93.